The van der Waals surface area contributed by atoms with E-state index in [1.54, 1.807) is 0 Å². The number of carbonyl (C=O) groups is 1. The minimum atomic E-state index is -0.748. The minimum Gasteiger partial charge on any atom is -0.462 e. The Kier molecular flexibility index (Phi) is 3.15. The maximum absolute atomic E-state index is 10.9. The zero-order chi connectivity index (χ0) is 11.9. The lowest BCUT2D eigenvalue weighted by Gasteiger charge is -2.48. The summed E-state index contributed by atoms with van der Waals surface area (Å²) in [7, 11) is 0. The van der Waals surface area contributed by atoms with Gasteiger partial charge in [0.1, 0.15) is 6.10 Å². The number of carbonyl (C=O) groups excluding carboxylic acids is 1. The molecule has 0 aromatic carbocycles. The summed E-state index contributed by atoms with van der Waals surface area (Å²) in [6, 6.07) is 0. The fourth-order valence-electron chi connectivity index (χ4n) is 2.63. The van der Waals surface area contributed by atoms with Crippen molar-refractivity contribution in [2.24, 2.45) is 11.3 Å². The highest BCUT2D eigenvalue weighted by molar-refractivity contribution is 5.66. The predicted molar refractivity (Wildman–Crippen MR) is 58.4 cm³/mol. The van der Waals surface area contributed by atoms with Crippen LogP contribution in [0.1, 0.15) is 47.5 Å². The molecule has 1 aliphatic rings. The molecule has 0 saturated heterocycles. The van der Waals surface area contributed by atoms with Gasteiger partial charge in [0.05, 0.1) is 5.60 Å². The summed E-state index contributed by atoms with van der Waals surface area (Å²) < 4.78 is 5.21. The maximum atomic E-state index is 10.9. The van der Waals surface area contributed by atoms with E-state index < -0.39 is 5.60 Å². The number of rotatable bonds is 1. The summed E-state index contributed by atoms with van der Waals surface area (Å²) in [5.41, 5.74) is -0.746. The lowest BCUT2D eigenvalue weighted by atomic mass is 9.62. The molecule has 1 N–H and O–H groups in total. The summed E-state index contributed by atoms with van der Waals surface area (Å²) in [5, 5.41) is 10.3. The molecular formula is C12H22O3. The Morgan fingerprint density at radius 3 is 2.27 bits per heavy atom. The molecule has 15 heavy (non-hydrogen) atoms. The topological polar surface area (TPSA) is 46.5 Å². The average molecular weight is 214 g/mol. The molecule has 0 bridgehead atoms. The molecule has 88 valence electrons. The molecule has 0 aromatic heterocycles. The first-order valence-electron chi connectivity index (χ1n) is 5.55. The van der Waals surface area contributed by atoms with E-state index in [-0.39, 0.29) is 23.4 Å². The van der Waals surface area contributed by atoms with E-state index >= 15 is 0 Å². The fourth-order valence-corrected chi connectivity index (χ4v) is 2.63. The molecule has 1 rings (SSSR count). The van der Waals surface area contributed by atoms with Crippen LogP contribution < -0.4 is 0 Å². The second-order valence-electron chi connectivity index (χ2n) is 5.71. The Bertz CT molecular complexity index is 238. The normalized spacial score (nSPS) is 39.9. The largest absolute Gasteiger partial charge is 0.462 e. The molecule has 0 aromatic rings. The standard InChI is InChI=1S/C12H22O3/c1-8-11(3,4)6-10(15-9(2)13)7-12(8,5)14/h8,10,14H,6-7H2,1-5H3. The van der Waals surface area contributed by atoms with Crippen molar-refractivity contribution in [3.63, 3.8) is 0 Å². The first-order valence-corrected chi connectivity index (χ1v) is 5.55. The second kappa shape index (κ2) is 3.78. The maximum Gasteiger partial charge on any atom is 0.302 e. The van der Waals surface area contributed by atoms with Crippen molar-refractivity contribution < 1.29 is 14.6 Å². The molecule has 3 unspecified atom stereocenters. The Hall–Kier alpha value is -0.570. The number of aliphatic hydroxyl groups is 1. The zero-order valence-corrected chi connectivity index (χ0v) is 10.3. The number of hydrogen-bond donors (Lipinski definition) is 1. The number of hydrogen-bond acceptors (Lipinski definition) is 3. The summed E-state index contributed by atoms with van der Waals surface area (Å²) in [6.07, 6.45) is 1.21. The lowest BCUT2D eigenvalue weighted by Crippen LogP contribution is -2.51. The van der Waals surface area contributed by atoms with Crippen LogP contribution in [0.15, 0.2) is 0 Å². The molecule has 0 heterocycles. The lowest BCUT2D eigenvalue weighted by molar-refractivity contribution is -0.166. The van der Waals surface area contributed by atoms with Crippen molar-refractivity contribution in [2.45, 2.75) is 59.2 Å². The van der Waals surface area contributed by atoms with Crippen LogP contribution in [0.2, 0.25) is 0 Å². The molecule has 1 saturated carbocycles. The van der Waals surface area contributed by atoms with E-state index in [1.165, 1.54) is 6.92 Å². The summed E-state index contributed by atoms with van der Waals surface area (Å²) in [4.78, 5) is 10.9. The van der Waals surface area contributed by atoms with Crippen molar-refractivity contribution in [3.05, 3.63) is 0 Å². The van der Waals surface area contributed by atoms with Gasteiger partial charge in [0.25, 0.3) is 0 Å². The summed E-state index contributed by atoms with van der Waals surface area (Å²) >= 11 is 0. The highest BCUT2D eigenvalue weighted by atomic mass is 16.5. The van der Waals surface area contributed by atoms with E-state index in [9.17, 15) is 9.90 Å². The summed E-state index contributed by atoms with van der Waals surface area (Å²) in [6.45, 7) is 9.53. The SMILES string of the molecule is CC(=O)OC1CC(C)(C)C(C)C(C)(O)C1. The van der Waals surface area contributed by atoms with E-state index in [0.717, 1.165) is 6.42 Å². The van der Waals surface area contributed by atoms with Gasteiger partial charge in [-0.15, -0.1) is 0 Å². The van der Waals surface area contributed by atoms with E-state index in [0.29, 0.717) is 6.42 Å². The van der Waals surface area contributed by atoms with E-state index in [4.69, 9.17) is 4.74 Å². The Morgan fingerprint density at radius 2 is 1.87 bits per heavy atom. The molecule has 0 radical (unpaired) electrons. The molecule has 0 amide bonds. The van der Waals surface area contributed by atoms with Crippen molar-refractivity contribution in [3.8, 4) is 0 Å². The van der Waals surface area contributed by atoms with Gasteiger partial charge in [-0.2, -0.15) is 0 Å². The summed E-state index contributed by atoms with van der Waals surface area (Å²) in [5.74, 6) is -0.0574. The van der Waals surface area contributed by atoms with Crippen LogP contribution >= 0.6 is 0 Å². The number of esters is 1. The van der Waals surface area contributed by atoms with E-state index in [1.807, 2.05) is 6.92 Å². The van der Waals surface area contributed by atoms with Crippen LogP contribution in [-0.4, -0.2) is 22.8 Å². The first kappa shape index (κ1) is 12.5. The van der Waals surface area contributed by atoms with Gasteiger partial charge in [-0.1, -0.05) is 20.8 Å². The van der Waals surface area contributed by atoms with Crippen molar-refractivity contribution in [2.75, 3.05) is 0 Å². The van der Waals surface area contributed by atoms with Crippen molar-refractivity contribution in [1.82, 2.24) is 0 Å². The predicted octanol–water partition coefficient (Wildman–Crippen LogP) is 2.13. The van der Waals surface area contributed by atoms with Gasteiger partial charge >= 0.3 is 5.97 Å². The number of ether oxygens (including phenoxy) is 1. The first-order chi connectivity index (χ1) is 6.65. The van der Waals surface area contributed by atoms with Crippen LogP contribution in [-0.2, 0) is 9.53 Å². The quantitative estimate of drug-likeness (QED) is 0.680. The molecule has 3 atom stereocenters. The Morgan fingerprint density at radius 1 is 1.33 bits per heavy atom. The van der Waals surface area contributed by atoms with Gasteiger partial charge < -0.3 is 9.84 Å². The van der Waals surface area contributed by atoms with Crippen molar-refractivity contribution in [1.29, 1.82) is 0 Å². The highest BCUT2D eigenvalue weighted by Crippen LogP contribution is 2.46. The van der Waals surface area contributed by atoms with E-state index in [2.05, 4.69) is 20.8 Å². The minimum absolute atomic E-state index is 0.00185. The highest BCUT2D eigenvalue weighted by Gasteiger charge is 2.47. The smallest absolute Gasteiger partial charge is 0.302 e. The van der Waals surface area contributed by atoms with Gasteiger partial charge in [0.15, 0.2) is 0 Å². The molecule has 3 nitrogen and oxygen atoms in total. The zero-order valence-electron chi connectivity index (χ0n) is 10.3. The van der Waals surface area contributed by atoms with Gasteiger partial charge in [0.2, 0.25) is 0 Å². The van der Waals surface area contributed by atoms with Crippen LogP contribution in [0, 0.1) is 11.3 Å². The van der Waals surface area contributed by atoms with Gasteiger partial charge in [-0.25, -0.2) is 0 Å². The molecule has 0 aliphatic heterocycles. The molecule has 3 heteroatoms. The average Bonchev–Trinajstić information content (AvgIpc) is 1.97. The van der Waals surface area contributed by atoms with Crippen LogP contribution in [0.5, 0.6) is 0 Å². The molecular weight excluding hydrogens is 192 g/mol. The third kappa shape index (κ3) is 2.71. The third-order valence-electron chi connectivity index (χ3n) is 3.83. The molecule has 1 aliphatic carbocycles. The van der Waals surface area contributed by atoms with Gasteiger partial charge in [-0.3, -0.25) is 4.79 Å². The van der Waals surface area contributed by atoms with Crippen LogP contribution in [0.25, 0.3) is 0 Å². The van der Waals surface area contributed by atoms with Crippen molar-refractivity contribution >= 4 is 5.97 Å². The fraction of sp³-hybridized carbons (Fsp3) is 0.917. The van der Waals surface area contributed by atoms with Gasteiger partial charge in [-0.05, 0) is 24.7 Å². The molecule has 1 fully saturated rings. The van der Waals surface area contributed by atoms with Crippen LogP contribution in [0.3, 0.4) is 0 Å². The molecule has 0 spiro atoms. The monoisotopic (exact) mass is 214 g/mol. The van der Waals surface area contributed by atoms with Crippen LogP contribution in [0.4, 0.5) is 0 Å². The third-order valence-corrected chi connectivity index (χ3v) is 3.83. The Balaban J connectivity index is 2.79. The Labute approximate surface area is 91.8 Å². The van der Waals surface area contributed by atoms with Gasteiger partial charge in [0, 0.05) is 13.3 Å². The second-order valence-corrected chi connectivity index (χ2v) is 5.71.